The van der Waals surface area contributed by atoms with Gasteiger partial charge >= 0.3 is 5.97 Å². The summed E-state index contributed by atoms with van der Waals surface area (Å²) in [5.41, 5.74) is 6.23. The molecule has 0 saturated carbocycles. The number of fused-ring (bicyclic) bond motifs is 3. The van der Waals surface area contributed by atoms with Crippen LogP contribution in [0.4, 0.5) is 11.4 Å². The molecular formula is C44H36N4O7S2. The highest BCUT2D eigenvalue weighted by molar-refractivity contribution is 7.09. The number of rotatable bonds is 11. The third kappa shape index (κ3) is 9.53. The fourth-order valence-corrected chi connectivity index (χ4v) is 7.01. The summed E-state index contributed by atoms with van der Waals surface area (Å²) in [4.78, 5) is 45.5. The Bertz CT molecular complexity index is 2700. The third-order valence-corrected chi connectivity index (χ3v) is 10.4. The topological polar surface area (TPSA) is 153 Å². The molecule has 0 radical (unpaired) electrons. The van der Waals surface area contributed by atoms with Crippen LogP contribution in [0.25, 0.3) is 21.9 Å². The number of aromatic carboxylic acids is 1. The molecule has 0 bridgehead atoms. The molecule has 8 aromatic rings. The maximum absolute atomic E-state index is 13.2. The summed E-state index contributed by atoms with van der Waals surface area (Å²) in [7, 11) is 0. The molecule has 2 amide bonds. The van der Waals surface area contributed by atoms with E-state index in [1.807, 2.05) is 74.0 Å². The van der Waals surface area contributed by atoms with Crippen molar-refractivity contribution < 1.29 is 33.4 Å². The zero-order chi connectivity index (χ0) is 39.9. The van der Waals surface area contributed by atoms with Crippen molar-refractivity contribution in [2.24, 2.45) is 0 Å². The number of ether oxygens (including phenoxy) is 2. The Labute approximate surface area is 335 Å². The van der Waals surface area contributed by atoms with Gasteiger partial charge in [-0.05, 0) is 99.1 Å². The number of hydrogen-bond donors (Lipinski definition) is 3. The Morgan fingerprint density at radius 3 is 1.86 bits per heavy atom. The van der Waals surface area contributed by atoms with E-state index < -0.39 is 5.97 Å². The maximum Gasteiger partial charge on any atom is 0.335 e. The van der Waals surface area contributed by atoms with E-state index in [1.165, 1.54) is 12.1 Å². The van der Waals surface area contributed by atoms with Gasteiger partial charge in [0.2, 0.25) is 0 Å². The lowest BCUT2D eigenvalue weighted by molar-refractivity contribution is 0.0696. The first kappa shape index (κ1) is 38.4. The Hall–Kier alpha value is -6.83. The van der Waals surface area contributed by atoms with Crippen molar-refractivity contribution in [1.29, 1.82) is 0 Å². The fourth-order valence-electron chi connectivity index (χ4n) is 5.81. The van der Waals surface area contributed by atoms with E-state index in [0.717, 1.165) is 43.3 Å². The summed E-state index contributed by atoms with van der Waals surface area (Å²) >= 11 is 3.16. The first-order chi connectivity index (χ1) is 27.6. The number of para-hydroxylation sites is 2. The number of furan rings is 1. The highest BCUT2D eigenvalue weighted by atomic mass is 32.1. The first-order valence-corrected chi connectivity index (χ1v) is 19.5. The van der Waals surface area contributed by atoms with E-state index in [9.17, 15) is 14.4 Å². The fraction of sp³-hybridized carbons (Fsp3) is 0.114. The van der Waals surface area contributed by atoms with Crippen molar-refractivity contribution in [2.45, 2.75) is 34.0 Å². The third-order valence-electron chi connectivity index (χ3n) is 8.72. The Balaban J connectivity index is 0.000000244. The molecule has 5 aromatic carbocycles. The lowest BCUT2D eigenvalue weighted by Gasteiger charge is -2.12. The van der Waals surface area contributed by atoms with Gasteiger partial charge in [0.1, 0.15) is 35.9 Å². The van der Waals surface area contributed by atoms with Crippen LogP contribution in [0.2, 0.25) is 0 Å². The molecule has 11 nitrogen and oxygen atoms in total. The second-order valence-electron chi connectivity index (χ2n) is 12.9. The van der Waals surface area contributed by atoms with Crippen molar-refractivity contribution in [3.63, 3.8) is 0 Å². The van der Waals surface area contributed by atoms with Crippen molar-refractivity contribution in [3.05, 3.63) is 164 Å². The number of nitrogens with one attached hydrogen (secondary N) is 2. The number of amides is 2. The summed E-state index contributed by atoms with van der Waals surface area (Å²) in [6, 6.07) is 31.9. The predicted octanol–water partition coefficient (Wildman–Crippen LogP) is 10.5. The van der Waals surface area contributed by atoms with Crippen LogP contribution < -0.4 is 20.1 Å². The van der Waals surface area contributed by atoms with Crippen molar-refractivity contribution in [2.75, 3.05) is 10.6 Å². The number of carbonyl (C=O) groups is 3. The smallest absolute Gasteiger partial charge is 0.335 e. The minimum absolute atomic E-state index is 0.252. The molecule has 0 aliphatic rings. The van der Waals surface area contributed by atoms with E-state index in [4.69, 9.17) is 19.0 Å². The molecule has 0 aliphatic carbocycles. The SMILES string of the molecule is Cc1nc(COc2ccc(C(=O)Nc3cc(NC(=O)c4cccc5c4oc4ccccc45)ccc3C)cc2)cs1.Cc1nc(COc2ccc(C(=O)O)cc2)cs1. The monoisotopic (exact) mass is 796 g/mol. The number of anilines is 2. The quantitative estimate of drug-likeness (QED) is 0.116. The summed E-state index contributed by atoms with van der Waals surface area (Å²) in [5, 5.41) is 22.4. The van der Waals surface area contributed by atoms with E-state index in [-0.39, 0.29) is 17.4 Å². The maximum atomic E-state index is 13.2. The number of carboxylic acids is 1. The molecule has 0 fully saturated rings. The molecule has 0 atom stereocenters. The molecule has 3 aromatic heterocycles. The Morgan fingerprint density at radius 2 is 1.26 bits per heavy atom. The molecule has 57 heavy (non-hydrogen) atoms. The molecular weight excluding hydrogens is 761 g/mol. The van der Waals surface area contributed by atoms with Crippen LogP contribution in [-0.4, -0.2) is 32.9 Å². The van der Waals surface area contributed by atoms with Crippen LogP contribution in [0.3, 0.4) is 0 Å². The number of nitrogens with zero attached hydrogens (tertiary/aromatic N) is 2. The number of aromatic nitrogens is 2. The first-order valence-electron chi connectivity index (χ1n) is 17.7. The summed E-state index contributed by atoms with van der Waals surface area (Å²) in [6.07, 6.45) is 0. The van der Waals surface area contributed by atoms with Gasteiger partial charge in [-0.25, -0.2) is 14.8 Å². The molecule has 0 spiro atoms. The normalized spacial score (nSPS) is 10.8. The zero-order valence-corrected chi connectivity index (χ0v) is 32.7. The van der Waals surface area contributed by atoms with Gasteiger partial charge in [0, 0.05) is 38.5 Å². The second-order valence-corrected chi connectivity index (χ2v) is 15.0. The molecule has 13 heteroatoms. The lowest BCUT2D eigenvalue weighted by Crippen LogP contribution is -2.15. The average Bonchev–Trinajstić information content (AvgIpc) is 3.95. The largest absolute Gasteiger partial charge is 0.487 e. The summed E-state index contributed by atoms with van der Waals surface area (Å²) in [6.45, 7) is 6.56. The molecule has 3 heterocycles. The van der Waals surface area contributed by atoms with Gasteiger partial charge in [-0.1, -0.05) is 36.4 Å². The van der Waals surface area contributed by atoms with Crippen LogP contribution in [0, 0.1) is 20.8 Å². The van der Waals surface area contributed by atoms with E-state index in [0.29, 0.717) is 52.8 Å². The van der Waals surface area contributed by atoms with Gasteiger partial charge in [0.05, 0.1) is 32.5 Å². The van der Waals surface area contributed by atoms with Crippen molar-refractivity contribution in [1.82, 2.24) is 9.97 Å². The summed E-state index contributed by atoms with van der Waals surface area (Å²) in [5.74, 6) is -0.204. The molecule has 8 rings (SSSR count). The Morgan fingerprint density at radius 1 is 0.667 bits per heavy atom. The number of thiazole rings is 2. The highest BCUT2D eigenvalue weighted by Crippen LogP contribution is 2.31. The van der Waals surface area contributed by atoms with Gasteiger partial charge in [-0.3, -0.25) is 9.59 Å². The van der Waals surface area contributed by atoms with Crippen LogP contribution >= 0.6 is 22.7 Å². The molecule has 286 valence electrons. The van der Waals surface area contributed by atoms with Gasteiger partial charge in [0.25, 0.3) is 11.8 Å². The summed E-state index contributed by atoms with van der Waals surface area (Å²) < 4.78 is 17.3. The van der Waals surface area contributed by atoms with E-state index >= 15 is 0 Å². The van der Waals surface area contributed by atoms with Gasteiger partial charge < -0.3 is 29.6 Å². The minimum atomic E-state index is -0.938. The van der Waals surface area contributed by atoms with E-state index in [2.05, 4.69) is 20.6 Å². The number of carboxylic acid groups (broad SMARTS) is 1. The van der Waals surface area contributed by atoms with Crippen LogP contribution in [0.15, 0.2) is 124 Å². The zero-order valence-electron chi connectivity index (χ0n) is 31.1. The van der Waals surface area contributed by atoms with Crippen LogP contribution in [0.5, 0.6) is 11.5 Å². The van der Waals surface area contributed by atoms with E-state index in [1.54, 1.807) is 77.3 Å². The molecule has 0 aliphatic heterocycles. The number of benzene rings is 5. The second kappa shape index (κ2) is 17.3. The molecule has 0 saturated heterocycles. The molecule has 3 N–H and O–H groups in total. The number of hydrogen-bond acceptors (Lipinski definition) is 10. The van der Waals surface area contributed by atoms with Gasteiger partial charge in [0.15, 0.2) is 0 Å². The highest BCUT2D eigenvalue weighted by Gasteiger charge is 2.17. The van der Waals surface area contributed by atoms with Crippen LogP contribution in [0.1, 0.15) is 58.0 Å². The van der Waals surface area contributed by atoms with Crippen molar-refractivity contribution >= 4 is 73.8 Å². The number of carbonyl (C=O) groups excluding carboxylic acids is 2. The predicted molar refractivity (Wildman–Crippen MR) is 223 cm³/mol. The number of aryl methyl sites for hydroxylation is 3. The average molecular weight is 797 g/mol. The standard InChI is InChI=1S/C32H25N3O4S.C12H11NO3S/c1-19-10-13-22(34-32(37)27-8-5-7-26-25-6-3-4-9-29(25)39-30(26)27)16-28(19)35-31(36)21-11-14-24(15-12-21)38-17-23-18-40-20(2)33-23;1-8-13-10(7-17-8)6-16-11-4-2-9(3-5-11)12(14)15/h3-16,18H,17H2,1-2H3,(H,34,37)(H,35,36);2-5,7H,6H2,1H3,(H,14,15). The van der Waals surface area contributed by atoms with Gasteiger partial charge in [-0.2, -0.15) is 0 Å². The Kier molecular flexibility index (Phi) is 11.7. The van der Waals surface area contributed by atoms with Crippen LogP contribution in [-0.2, 0) is 13.2 Å². The lowest BCUT2D eigenvalue weighted by atomic mass is 10.1. The minimum Gasteiger partial charge on any atom is -0.487 e. The van der Waals surface area contributed by atoms with Gasteiger partial charge in [-0.15, -0.1) is 22.7 Å². The molecule has 0 unspecified atom stereocenters. The van der Waals surface area contributed by atoms with Crippen molar-refractivity contribution in [3.8, 4) is 11.5 Å².